The van der Waals surface area contributed by atoms with E-state index in [0.29, 0.717) is 37.5 Å². The lowest BCUT2D eigenvalue weighted by Gasteiger charge is -2.39. The fourth-order valence-electron chi connectivity index (χ4n) is 4.47. The molecule has 2 N–H and O–H groups in total. The summed E-state index contributed by atoms with van der Waals surface area (Å²) < 4.78 is 5.54. The van der Waals surface area contributed by atoms with Crippen LogP contribution in [0.5, 0.6) is 0 Å². The average molecular weight is 407 g/mol. The Morgan fingerprint density at radius 3 is 2.57 bits per heavy atom. The van der Waals surface area contributed by atoms with Crippen LogP contribution in [0.1, 0.15) is 57.9 Å². The Morgan fingerprint density at radius 2 is 1.89 bits per heavy atom. The predicted molar refractivity (Wildman–Crippen MR) is 110 cm³/mol. The van der Waals surface area contributed by atoms with Crippen LogP contribution in [0.2, 0.25) is 5.02 Å². The summed E-state index contributed by atoms with van der Waals surface area (Å²) in [5, 5.41) is 6.89. The summed E-state index contributed by atoms with van der Waals surface area (Å²) in [5.41, 5.74) is 0.214. The summed E-state index contributed by atoms with van der Waals surface area (Å²) in [7, 11) is 0. The van der Waals surface area contributed by atoms with Crippen LogP contribution in [-0.2, 0) is 19.7 Å². The molecule has 0 spiro atoms. The van der Waals surface area contributed by atoms with Crippen molar-refractivity contribution in [2.45, 2.75) is 69.9 Å². The van der Waals surface area contributed by atoms with Gasteiger partial charge in [-0.25, -0.2) is 0 Å². The number of hydrogen-bond acceptors (Lipinski definition) is 3. The second-order valence-electron chi connectivity index (χ2n) is 8.37. The predicted octanol–water partition coefficient (Wildman–Crippen LogP) is 3.59. The van der Waals surface area contributed by atoms with Crippen LogP contribution in [0, 0.1) is 5.92 Å². The fraction of sp³-hybridized carbons (Fsp3) is 0.636. The first-order valence-corrected chi connectivity index (χ1v) is 10.7. The van der Waals surface area contributed by atoms with Gasteiger partial charge in [-0.3, -0.25) is 9.59 Å². The maximum Gasteiger partial charge on any atom is 0.231 e. The highest BCUT2D eigenvalue weighted by molar-refractivity contribution is 6.31. The second kappa shape index (κ2) is 9.27. The zero-order chi connectivity index (χ0) is 20.1. The topological polar surface area (TPSA) is 67.4 Å². The van der Waals surface area contributed by atoms with E-state index < -0.39 is 5.41 Å². The average Bonchev–Trinajstić information content (AvgIpc) is 2.68. The van der Waals surface area contributed by atoms with Gasteiger partial charge in [-0.05, 0) is 57.6 Å². The Morgan fingerprint density at radius 1 is 1.18 bits per heavy atom. The molecule has 2 atom stereocenters. The molecule has 2 unspecified atom stereocenters. The molecule has 154 valence electrons. The van der Waals surface area contributed by atoms with Gasteiger partial charge >= 0.3 is 0 Å². The third kappa shape index (κ3) is 4.69. The number of hydrogen-bond donors (Lipinski definition) is 2. The zero-order valence-electron chi connectivity index (χ0n) is 16.8. The number of rotatable bonds is 5. The number of carbonyl (C=O) groups excluding carboxylic acids is 2. The highest BCUT2D eigenvalue weighted by Gasteiger charge is 2.44. The van der Waals surface area contributed by atoms with Crippen LogP contribution in [0.4, 0.5) is 0 Å². The molecule has 3 rings (SSSR count). The van der Waals surface area contributed by atoms with Crippen LogP contribution in [0.15, 0.2) is 24.3 Å². The van der Waals surface area contributed by atoms with E-state index in [2.05, 4.69) is 10.6 Å². The van der Waals surface area contributed by atoms with Gasteiger partial charge in [0.25, 0.3) is 0 Å². The zero-order valence-corrected chi connectivity index (χ0v) is 17.6. The van der Waals surface area contributed by atoms with Crippen molar-refractivity contribution in [3.8, 4) is 0 Å². The highest BCUT2D eigenvalue weighted by atomic mass is 35.5. The van der Waals surface area contributed by atoms with E-state index >= 15 is 0 Å². The molecule has 28 heavy (non-hydrogen) atoms. The number of carbonyl (C=O) groups is 2. The largest absolute Gasteiger partial charge is 0.381 e. The molecular weight excluding hydrogens is 376 g/mol. The number of nitrogens with one attached hydrogen (secondary N) is 2. The van der Waals surface area contributed by atoms with E-state index in [1.54, 1.807) is 0 Å². The minimum absolute atomic E-state index is 0.0128. The summed E-state index contributed by atoms with van der Waals surface area (Å²) in [4.78, 5) is 25.9. The van der Waals surface area contributed by atoms with Crippen molar-refractivity contribution in [3.63, 3.8) is 0 Å². The van der Waals surface area contributed by atoms with E-state index in [0.717, 1.165) is 24.8 Å². The summed E-state index contributed by atoms with van der Waals surface area (Å²) in [6.07, 6.45) is 4.67. The lowest BCUT2D eigenvalue weighted by Crippen LogP contribution is -2.52. The molecule has 1 aromatic carbocycles. The molecule has 1 aromatic rings. The first kappa shape index (κ1) is 21.1. The Bertz CT molecular complexity index is 701. The number of halogens is 1. The van der Waals surface area contributed by atoms with E-state index in [9.17, 15) is 9.59 Å². The van der Waals surface area contributed by atoms with Crippen LogP contribution < -0.4 is 10.6 Å². The highest BCUT2D eigenvalue weighted by Crippen LogP contribution is 2.39. The number of benzene rings is 1. The minimum Gasteiger partial charge on any atom is -0.381 e. The van der Waals surface area contributed by atoms with Gasteiger partial charge in [-0.15, -0.1) is 0 Å². The quantitative estimate of drug-likeness (QED) is 0.785. The molecule has 1 saturated carbocycles. The van der Waals surface area contributed by atoms with E-state index in [4.69, 9.17) is 16.3 Å². The van der Waals surface area contributed by atoms with Crippen molar-refractivity contribution < 1.29 is 14.3 Å². The number of amides is 2. The van der Waals surface area contributed by atoms with Crippen molar-refractivity contribution in [2.24, 2.45) is 5.92 Å². The van der Waals surface area contributed by atoms with Crippen molar-refractivity contribution >= 4 is 23.4 Å². The van der Waals surface area contributed by atoms with Crippen LogP contribution >= 0.6 is 11.6 Å². The van der Waals surface area contributed by atoms with E-state index in [1.165, 1.54) is 0 Å². The Kier molecular flexibility index (Phi) is 7.00. The first-order valence-electron chi connectivity index (χ1n) is 10.4. The molecule has 2 fully saturated rings. The lowest BCUT2D eigenvalue weighted by molar-refractivity contribution is -0.133. The molecule has 1 aliphatic carbocycles. The van der Waals surface area contributed by atoms with E-state index in [1.807, 2.05) is 38.1 Å². The lowest BCUT2D eigenvalue weighted by atomic mass is 9.72. The van der Waals surface area contributed by atoms with Gasteiger partial charge in [0.15, 0.2) is 0 Å². The molecule has 0 bridgehead atoms. The maximum absolute atomic E-state index is 13.5. The Labute approximate surface area is 172 Å². The van der Waals surface area contributed by atoms with Gasteiger partial charge in [0.05, 0.1) is 5.41 Å². The molecular formula is C22H31ClN2O3. The van der Waals surface area contributed by atoms with Crippen molar-refractivity contribution in [3.05, 3.63) is 34.9 Å². The van der Waals surface area contributed by atoms with Crippen LogP contribution in [0.25, 0.3) is 0 Å². The maximum atomic E-state index is 13.5. The fourth-order valence-corrected chi connectivity index (χ4v) is 4.79. The molecule has 5 nitrogen and oxygen atoms in total. The van der Waals surface area contributed by atoms with E-state index in [-0.39, 0.29) is 29.8 Å². The molecule has 2 amide bonds. The molecule has 1 aliphatic heterocycles. The van der Waals surface area contributed by atoms with Gasteiger partial charge < -0.3 is 15.4 Å². The Balaban J connectivity index is 1.74. The summed E-state index contributed by atoms with van der Waals surface area (Å²) in [6.45, 7) is 5.03. The molecule has 0 aromatic heterocycles. The monoisotopic (exact) mass is 406 g/mol. The minimum atomic E-state index is -0.663. The van der Waals surface area contributed by atoms with Crippen molar-refractivity contribution in [2.75, 3.05) is 13.2 Å². The Hall–Kier alpha value is -1.59. The van der Waals surface area contributed by atoms with Gasteiger partial charge in [-0.2, -0.15) is 0 Å². The molecule has 2 aliphatic rings. The standard InChI is InChI=1S/C22H31ClN2O3/c1-15(2)24-20(26)16-6-5-7-17(14-16)25-21(27)22(10-12-28-13-11-22)18-8-3-4-9-19(18)23/h3-4,8-9,15-17H,5-7,10-14H2,1-2H3,(H,24,26)(H,25,27). The van der Waals surface area contributed by atoms with Gasteiger partial charge in [-0.1, -0.05) is 36.2 Å². The summed E-state index contributed by atoms with van der Waals surface area (Å²) in [5.74, 6) is 0.0760. The van der Waals surface area contributed by atoms with Crippen molar-refractivity contribution in [1.29, 1.82) is 0 Å². The smallest absolute Gasteiger partial charge is 0.231 e. The molecule has 6 heteroatoms. The third-order valence-electron chi connectivity index (χ3n) is 5.98. The van der Waals surface area contributed by atoms with Crippen LogP contribution in [0.3, 0.4) is 0 Å². The molecule has 1 saturated heterocycles. The van der Waals surface area contributed by atoms with Crippen molar-refractivity contribution in [1.82, 2.24) is 10.6 Å². The first-order chi connectivity index (χ1) is 13.4. The van der Waals surface area contributed by atoms with Gasteiger partial charge in [0.1, 0.15) is 0 Å². The van der Waals surface area contributed by atoms with Gasteiger partial charge in [0, 0.05) is 36.2 Å². The van der Waals surface area contributed by atoms with Gasteiger partial charge in [0.2, 0.25) is 11.8 Å². The molecule has 0 radical (unpaired) electrons. The normalized spacial score (nSPS) is 24.6. The molecule has 1 heterocycles. The summed E-state index contributed by atoms with van der Waals surface area (Å²) in [6, 6.07) is 7.76. The second-order valence-corrected chi connectivity index (χ2v) is 8.78. The third-order valence-corrected chi connectivity index (χ3v) is 6.31. The SMILES string of the molecule is CC(C)NC(=O)C1CCCC(NC(=O)C2(c3ccccc3Cl)CCOCC2)C1. The van der Waals surface area contributed by atoms with Crippen LogP contribution in [-0.4, -0.2) is 37.1 Å². The summed E-state index contributed by atoms with van der Waals surface area (Å²) >= 11 is 6.47. The number of ether oxygens (including phenoxy) is 1.